The van der Waals surface area contributed by atoms with Crippen LogP contribution in [0.1, 0.15) is 78.1 Å². The molecule has 4 rings (SSSR count). The SMILES string of the molecule is CC(C)CCn1nc2c3c1CCC(C3)NC(=O)CN(CCCO)C(=O)CCCN(C(=O)c1ccccc1Cl)CCNC2=O. The zero-order valence-electron chi connectivity index (χ0n) is 25.1. The maximum atomic E-state index is 13.5. The van der Waals surface area contributed by atoms with Crippen LogP contribution in [0.4, 0.5) is 0 Å². The topological polar surface area (TPSA) is 137 Å². The molecule has 2 bridgehead atoms. The molecule has 4 amide bonds. The fourth-order valence-electron chi connectivity index (χ4n) is 5.65. The van der Waals surface area contributed by atoms with Crippen LogP contribution in [0.15, 0.2) is 24.3 Å². The molecular weight excluding hydrogens is 572 g/mol. The van der Waals surface area contributed by atoms with Crippen LogP contribution in [0.5, 0.6) is 0 Å². The number of amides is 4. The van der Waals surface area contributed by atoms with Crippen LogP contribution >= 0.6 is 11.6 Å². The molecule has 1 atom stereocenters. The zero-order valence-corrected chi connectivity index (χ0v) is 25.9. The van der Waals surface area contributed by atoms with Gasteiger partial charge in [0.15, 0.2) is 5.69 Å². The van der Waals surface area contributed by atoms with E-state index in [4.69, 9.17) is 16.7 Å². The number of aromatic nitrogens is 2. The largest absolute Gasteiger partial charge is 0.396 e. The predicted octanol–water partition coefficient (Wildman–Crippen LogP) is 2.43. The first-order chi connectivity index (χ1) is 20.7. The minimum absolute atomic E-state index is 0.0957. The minimum atomic E-state index is -0.314. The smallest absolute Gasteiger partial charge is 0.272 e. The average molecular weight is 615 g/mol. The molecule has 1 aromatic heterocycles. The lowest BCUT2D eigenvalue weighted by Crippen LogP contribution is -2.46. The van der Waals surface area contributed by atoms with Crippen LogP contribution in [0.25, 0.3) is 0 Å². The number of nitrogens with zero attached hydrogens (tertiary/aromatic N) is 4. The second-order valence-electron chi connectivity index (χ2n) is 11.7. The Morgan fingerprint density at radius 2 is 1.93 bits per heavy atom. The van der Waals surface area contributed by atoms with E-state index < -0.39 is 0 Å². The highest BCUT2D eigenvalue weighted by molar-refractivity contribution is 6.33. The summed E-state index contributed by atoms with van der Waals surface area (Å²) < 4.78 is 1.93. The predicted molar refractivity (Wildman–Crippen MR) is 163 cm³/mol. The first-order valence-corrected chi connectivity index (χ1v) is 15.6. The molecule has 2 aliphatic rings. The lowest BCUT2D eigenvalue weighted by molar-refractivity contribution is -0.136. The second-order valence-corrected chi connectivity index (χ2v) is 12.1. The molecule has 1 unspecified atom stereocenters. The van der Waals surface area contributed by atoms with Gasteiger partial charge in [-0.1, -0.05) is 37.6 Å². The molecule has 234 valence electrons. The van der Waals surface area contributed by atoms with Crippen LogP contribution in [-0.4, -0.2) is 93.7 Å². The summed E-state index contributed by atoms with van der Waals surface area (Å²) in [6.45, 7) is 5.70. The molecule has 0 fully saturated rings. The molecule has 0 saturated carbocycles. The van der Waals surface area contributed by atoms with Crippen molar-refractivity contribution in [3.63, 3.8) is 0 Å². The molecule has 11 nitrogen and oxygen atoms in total. The maximum absolute atomic E-state index is 13.5. The number of fused-ring (bicyclic) bond motifs is 1. The van der Waals surface area contributed by atoms with Crippen molar-refractivity contribution >= 4 is 35.2 Å². The van der Waals surface area contributed by atoms with E-state index in [0.29, 0.717) is 60.8 Å². The quantitative estimate of drug-likeness (QED) is 0.438. The summed E-state index contributed by atoms with van der Waals surface area (Å²) in [4.78, 5) is 56.3. The summed E-state index contributed by atoms with van der Waals surface area (Å²) in [5, 5.41) is 20.4. The summed E-state index contributed by atoms with van der Waals surface area (Å²) in [5.74, 6) is -0.625. The summed E-state index contributed by atoms with van der Waals surface area (Å²) in [6, 6.07) is 6.59. The Kier molecular flexibility index (Phi) is 11.6. The first-order valence-electron chi connectivity index (χ1n) is 15.3. The fourth-order valence-corrected chi connectivity index (χ4v) is 5.86. The van der Waals surface area contributed by atoms with E-state index in [1.54, 1.807) is 29.2 Å². The van der Waals surface area contributed by atoms with Gasteiger partial charge in [-0.15, -0.1) is 0 Å². The number of hydrogen-bond donors (Lipinski definition) is 3. The van der Waals surface area contributed by atoms with Crippen LogP contribution in [-0.2, 0) is 29.0 Å². The Hall–Kier alpha value is -3.44. The summed E-state index contributed by atoms with van der Waals surface area (Å²) >= 11 is 6.32. The van der Waals surface area contributed by atoms with Crippen LogP contribution < -0.4 is 10.6 Å². The number of aliphatic hydroxyl groups excluding tert-OH is 1. The lowest BCUT2D eigenvalue weighted by atomic mass is 9.91. The van der Waals surface area contributed by atoms with Crippen molar-refractivity contribution in [3.8, 4) is 0 Å². The van der Waals surface area contributed by atoms with Gasteiger partial charge in [-0.2, -0.15) is 5.10 Å². The van der Waals surface area contributed by atoms with Gasteiger partial charge in [0.25, 0.3) is 11.8 Å². The van der Waals surface area contributed by atoms with Crippen molar-refractivity contribution < 1.29 is 24.3 Å². The highest BCUT2D eigenvalue weighted by atomic mass is 35.5. The number of nitrogens with one attached hydrogen (secondary N) is 2. The Balaban J connectivity index is 1.62. The van der Waals surface area contributed by atoms with E-state index in [-0.39, 0.29) is 75.4 Å². The molecule has 43 heavy (non-hydrogen) atoms. The third kappa shape index (κ3) is 8.57. The van der Waals surface area contributed by atoms with Gasteiger partial charge in [-0.05, 0) is 56.6 Å². The van der Waals surface area contributed by atoms with Gasteiger partial charge in [0.1, 0.15) is 0 Å². The number of carbonyl (C=O) groups is 4. The number of carbonyl (C=O) groups excluding carboxylic acids is 4. The number of aliphatic hydroxyl groups is 1. The Bertz CT molecular complexity index is 1310. The normalized spacial score (nSPS) is 18.8. The van der Waals surface area contributed by atoms with Crippen LogP contribution in [0.2, 0.25) is 5.02 Å². The van der Waals surface area contributed by atoms with Crippen molar-refractivity contribution in [1.29, 1.82) is 0 Å². The van der Waals surface area contributed by atoms with Gasteiger partial charge in [0.2, 0.25) is 11.8 Å². The van der Waals surface area contributed by atoms with Gasteiger partial charge in [0.05, 0.1) is 17.1 Å². The monoisotopic (exact) mass is 614 g/mol. The number of rotatable bonds is 7. The van der Waals surface area contributed by atoms with Gasteiger partial charge < -0.3 is 25.5 Å². The Labute approximate surface area is 257 Å². The van der Waals surface area contributed by atoms with E-state index in [9.17, 15) is 24.3 Å². The van der Waals surface area contributed by atoms with Gasteiger partial charge >= 0.3 is 0 Å². The molecule has 1 aromatic carbocycles. The number of hydrogen-bond acceptors (Lipinski definition) is 6. The van der Waals surface area contributed by atoms with E-state index in [1.165, 1.54) is 4.90 Å². The highest BCUT2D eigenvalue weighted by Crippen LogP contribution is 2.26. The first kappa shape index (κ1) is 32.5. The summed E-state index contributed by atoms with van der Waals surface area (Å²) in [6.07, 6.45) is 3.61. The van der Waals surface area contributed by atoms with Crippen LogP contribution in [0.3, 0.4) is 0 Å². The van der Waals surface area contributed by atoms with Gasteiger partial charge in [0, 0.05) is 63.1 Å². The summed E-state index contributed by atoms with van der Waals surface area (Å²) in [7, 11) is 0. The van der Waals surface area contributed by atoms with Gasteiger partial charge in [-0.25, -0.2) is 0 Å². The molecule has 0 radical (unpaired) electrons. The fraction of sp³-hybridized carbons (Fsp3) is 0.581. The standard InChI is InChI=1S/C31H43ClN6O5/c1-21(2)12-16-38-26-11-10-22-19-24(26)29(35-38)30(42)33-13-17-36(31(43)23-7-3-4-8-25(23)32)14-5-9-28(41)37(15-6-18-39)20-27(40)34-22/h3-4,7-8,21-22,39H,5-6,9-20H2,1-2H3,(H,33,42)(H,34,40). The Morgan fingerprint density at radius 1 is 1.14 bits per heavy atom. The lowest BCUT2D eigenvalue weighted by Gasteiger charge is -2.27. The van der Waals surface area contributed by atoms with Crippen molar-refractivity contribution in [2.75, 3.05) is 39.3 Å². The molecular formula is C31H43ClN6O5. The van der Waals surface area contributed by atoms with E-state index in [1.807, 2.05) is 4.68 Å². The second kappa shape index (κ2) is 15.3. The van der Waals surface area contributed by atoms with Crippen molar-refractivity contribution in [2.24, 2.45) is 5.92 Å². The third-order valence-electron chi connectivity index (χ3n) is 8.00. The molecule has 3 N–H and O–H groups in total. The van der Waals surface area contributed by atoms with E-state index in [2.05, 4.69) is 24.5 Å². The number of benzene rings is 1. The van der Waals surface area contributed by atoms with Crippen molar-refractivity contribution in [3.05, 3.63) is 51.8 Å². The van der Waals surface area contributed by atoms with Crippen molar-refractivity contribution in [1.82, 2.24) is 30.2 Å². The minimum Gasteiger partial charge on any atom is -0.396 e. The molecule has 1 aliphatic carbocycles. The van der Waals surface area contributed by atoms with Gasteiger partial charge in [-0.3, -0.25) is 23.9 Å². The maximum Gasteiger partial charge on any atom is 0.272 e. The molecule has 0 spiro atoms. The third-order valence-corrected chi connectivity index (χ3v) is 8.33. The molecule has 0 saturated heterocycles. The number of halogens is 1. The molecule has 1 aliphatic heterocycles. The van der Waals surface area contributed by atoms with Crippen molar-refractivity contribution in [2.45, 2.75) is 71.4 Å². The zero-order chi connectivity index (χ0) is 30.9. The highest BCUT2D eigenvalue weighted by Gasteiger charge is 2.31. The van der Waals surface area contributed by atoms with E-state index in [0.717, 1.165) is 17.7 Å². The Morgan fingerprint density at radius 3 is 2.67 bits per heavy atom. The summed E-state index contributed by atoms with van der Waals surface area (Å²) in [5.41, 5.74) is 2.55. The molecule has 12 heteroatoms. The van der Waals surface area contributed by atoms with Crippen LogP contribution in [0, 0.1) is 5.92 Å². The average Bonchev–Trinajstić information content (AvgIpc) is 3.34. The molecule has 2 aromatic rings. The number of aryl methyl sites for hydroxylation is 1. The van der Waals surface area contributed by atoms with E-state index >= 15 is 0 Å². The molecule has 2 heterocycles.